The van der Waals surface area contributed by atoms with E-state index < -0.39 is 0 Å². The van der Waals surface area contributed by atoms with Crippen LogP contribution in [0.1, 0.15) is 51.1 Å². The highest BCUT2D eigenvalue weighted by Crippen LogP contribution is 2.33. The monoisotopic (exact) mass is 290 g/mol. The van der Waals surface area contributed by atoms with Gasteiger partial charge in [0.25, 0.3) is 0 Å². The van der Waals surface area contributed by atoms with E-state index in [2.05, 4.69) is 55.4 Å². The molecule has 1 aromatic carbocycles. The number of likely N-dealkylation sites (N-methyl/N-ethyl adjacent to an activating group) is 1. The first-order valence-corrected chi connectivity index (χ1v) is 8.43. The fraction of sp³-hybridized carbons (Fsp3) is 0.667. The zero-order chi connectivity index (χ0) is 15.1. The molecule has 0 bridgehead atoms. The van der Waals surface area contributed by atoms with Crippen LogP contribution in [0.15, 0.2) is 24.3 Å². The maximum absolute atomic E-state index is 5.99. The van der Waals surface area contributed by atoms with E-state index in [9.17, 15) is 0 Å². The Morgan fingerprint density at radius 1 is 1.19 bits per heavy atom. The van der Waals surface area contributed by atoms with E-state index >= 15 is 0 Å². The number of nitrogens with zero attached hydrogens (tertiary/aromatic N) is 1. The van der Waals surface area contributed by atoms with Crippen molar-refractivity contribution in [3.63, 3.8) is 0 Å². The fourth-order valence-corrected chi connectivity index (χ4v) is 3.05. The summed E-state index contributed by atoms with van der Waals surface area (Å²) in [7, 11) is 2.23. The van der Waals surface area contributed by atoms with Crippen molar-refractivity contribution in [1.82, 2.24) is 10.2 Å². The first-order chi connectivity index (χ1) is 10.3. The van der Waals surface area contributed by atoms with Crippen LogP contribution in [0.5, 0.6) is 5.75 Å². The molecular weight excluding hydrogens is 260 g/mol. The fourth-order valence-electron chi connectivity index (χ4n) is 3.05. The normalized spacial score (nSPS) is 21.1. The molecule has 1 aromatic rings. The van der Waals surface area contributed by atoms with Crippen LogP contribution in [0.3, 0.4) is 0 Å². The summed E-state index contributed by atoms with van der Waals surface area (Å²) in [6, 6.07) is 9.26. The zero-order valence-electron chi connectivity index (χ0n) is 13.8. The van der Waals surface area contributed by atoms with Gasteiger partial charge in [-0.25, -0.2) is 0 Å². The van der Waals surface area contributed by atoms with Gasteiger partial charge in [-0.2, -0.15) is 0 Å². The van der Waals surface area contributed by atoms with E-state index in [4.69, 9.17) is 4.74 Å². The molecular formula is C18H30N2O. The average Bonchev–Trinajstić information content (AvgIpc) is 2.52. The molecule has 0 aromatic heterocycles. The molecule has 21 heavy (non-hydrogen) atoms. The van der Waals surface area contributed by atoms with Gasteiger partial charge in [0, 0.05) is 5.56 Å². The van der Waals surface area contributed by atoms with Crippen LogP contribution in [0.25, 0.3) is 0 Å². The Hall–Kier alpha value is -1.06. The van der Waals surface area contributed by atoms with Gasteiger partial charge in [-0.15, -0.1) is 0 Å². The maximum Gasteiger partial charge on any atom is 0.124 e. The van der Waals surface area contributed by atoms with Crippen molar-refractivity contribution >= 4 is 0 Å². The lowest BCUT2D eigenvalue weighted by Crippen LogP contribution is -2.49. The SMILES string of the molecule is CCCCCN(C)C1COc2ccccc2C1NCCC. The average molecular weight is 290 g/mol. The number of para-hydroxylation sites is 1. The zero-order valence-corrected chi connectivity index (χ0v) is 13.8. The number of ether oxygens (including phenoxy) is 1. The Kier molecular flexibility index (Phi) is 6.52. The number of hydrogen-bond acceptors (Lipinski definition) is 3. The molecule has 2 atom stereocenters. The first kappa shape index (κ1) is 16.3. The van der Waals surface area contributed by atoms with Crippen molar-refractivity contribution < 1.29 is 4.74 Å². The van der Waals surface area contributed by atoms with Crippen LogP contribution in [0.2, 0.25) is 0 Å². The molecule has 3 nitrogen and oxygen atoms in total. The van der Waals surface area contributed by atoms with E-state index in [1.165, 1.54) is 24.8 Å². The lowest BCUT2D eigenvalue weighted by molar-refractivity contribution is 0.105. The summed E-state index contributed by atoms with van der Waals surface area (Å²) in [5.41, 5.74) is 1.31. The molecule has 0 saturated heterocycles. The number of benzene rings is 1. The van der Waals surface area contributed by atoms with Crippen molar-refractivity contribution in [2.24, 2.45) is 0 Å². The lowest BCUT2D eigenvalue weighted by Gasteiger charge is -2.39. The van der Waals surface area contributed by atoms with E-state index in [0.29, 0.717) is 12.1 Å². The summed E-state index contributed by atoms with van der Waals surface area (Å²) in [5, 5.41) is 3.73. The smallest absolute Gasteiger partial charge is 0.124 e. The summed E-state index contributed by atoms with van der Waals surface area (Å²) in [4.78, 5) is 2.47. The van der Waals surface area contributed by atoms with E-state index in [1.54, 1.807) is 0 Å². The summed E-state index contributed by atoms with van der Waals surface area (Å²) in [5.74, 6) is 1.05. The van der Waals surface area contributed by atoms with E-state index in [-0.39, 0.29) is 0 Å². The second kappa shape index (κ2) is 8.40. The Balaban J connectivity index is 2.09. The quantitative estimate of drug-likeness (QED) is 0.740. The summed E-state index contributed by atoms with van der Waals surface area (Å²) in [6.45, 7) is 7.46. The van der Waals surface area contributed by atoms with Crippen LogP contribution < -0.4 is 10.1 Å². The van der Waals surface area contributed by atoms with Crippen molar-refractivity contribution in [3.05, 3.63) is 29.8 Å². The third kappa shape index (κ3) is 4.21. The highest BCUT2D eigenvalue weighted by molar-refractivity contribution is 5.38. The Morgan fingerprint density at radius 3 is 2.76 bits per heavy atom. The minimum atomic E-state index is 0.376. The highest BCUT2D eigenvalue weighted by Gasteiger charge is 2.32. The van der Waals surface area contributed by atoms with Crippen LogP contribution >= 0.6 is 0 Å². The topological polar surface area (TPSA) is 24.5 Å². The molecule has 1 heterocycles. The molecule has 0 spiro atoms. The number of fused-ring (bicyclic) bond motifs is 1. The third-order valence-corrected chi connectivity index (χ3v) is 4.34. The van der Waals surface area contributed by atoms with Gasteiger partial charge in [-0.3, -0.25) is 4.90 Å². The van der Waals surface area contributed by atoms with Crippen LogP contribution in [0.4, 0.5) is 0 Å². The second-order valence-electron chi connectivity index (χ2n) is 6.04. The van der Waals surface area contributed by atoms with Crippen molar-refractivity contribution in [2.45, 2.75) is 51.6 Å². The van der Waals surface area contributed by atoms with Gasteiger partial charge in [0.2, 0.25) is 0 Å². The van der Waals surface area contributed by atoms with E-state index in [0.717, 1.165) is 31.9 Å². The van der Waals surface area contributed by atoms with E-state index in [1.807, 2.05) is 0 Å². The molecule has 0 radical (unpaired) electrons. The van der Waals surface area contributed by atoms with Gasteiger partial charge in [-0.05, 0) is 39.0 Å². The second-order valence-corrected chi connectivity index (χ2v) is 6.04. The van der Waals surface area contributed by atoms with Gasteiger partial charge in [0.1, 0.15) is 12.4 Å². The van der Waals surface area contributed by atoms with Crippen molar-refractivity contribution in [3.8, 4) is 5.75 Å². The largest absolute Gasteiger partial charge is 0.492 e. The number of hydrogen-bond donors (Lipinski definition) is 1. The van der Waals surface area contributed by atoms with Gasteiger partial charge in [0.15, 0.2) is 0 Å². The molecule has 118 valence electrons. The standard InChI is InChI=1S/C18H30N2O/c1-4-6-9-13-20(3)16-14-21-17-11-8-7-10-15(17)18(16)19-12-5-2/h7-8,10-11,16,18-19H,4-6,9,12-14H2,1-3H3. The Morgan fingerprint density at radius 2 is 2.00 bits per heavy atom. The predicted octanol–water partition coefficient (Wildman–Crippen LogP) is 3.61. The first-order valence-electron chi connectivity index (χ1n) is 8.43. The van der Waals surface area contributed by atoms with Crippen LogP contribution in [0, 0.1) is 0 Å². The molecule has 2 rings (SSSR count). The predicted molar refractivity (Wildman–Crippen MR) is 88.9 cm³/mol. The van der Waals surface area contributed by atoms with Crippen molar-refractivity contribution in [1.29, 1.82) is 0 Å². The Labute approximate surface area is 129 Å². The molecule has 0 amide bonds. The van der Waals surface area contributed by atoms with Gasteiger partial charge in [0.05, 0.1) is 12.1 Å². The van der Waals surface area contributed by atoms with Gasteiger partial charge < -0.3 is 10.1 Å². The Bertz CT molecular complexity index is 421. The lowest BCUT2D eigenvalue weighted by atomic mass is 9.95. The summed E-state index contributed by atoms with van der Waals surface area (Å²) < 4.78 is 5.99. The van der Waals surface area contributed by atoms with Crippen LogP contribution in [-0.2, 0) is 0 Å². The maximum atomic E-state index is 5.99. The summed E-state index contributed by atoms with van der Waals surface area (Å²) in [6.07, 6.45) is 5.01. The molecule has 0 saturated carbocycles. The molecule has 1 N–H and O–H groups in total. The molecule has 2 unspecified atom stereocenters. The summed E-state index contributed by atoms with van der Waals surface area (Å²) >= 11 is 0. The number of rotatable bonds is 8. The molecule has 0 fully saturated rings. The minimum Gasteiger partial charge on any atom is -0.492 e. The van der Waals surface area contributed by atoms with Gasteiger partial charge in [-0.1, -0.05) is 44.9 Å². The highest BCUT2D eigenvalue weighted by atomic mass is 16.5. The molecule has 1 aliphatic heterocycles. The van der Waals surface area contributed by atoms with Crippen molar-refractivity contribution in [2.75, 3.05) is 26.7 Å². The third-order valence-electron chi connectivity index (χ3n) is 4.34. The molecule has 1 aliphatic rings. The van der Waals surface area contributed by atoms with Gasteiger partial charge >= 0.3 is 0 Å². The molecule has 0 aliphatic carbocycles. The van der Waals surface area contributed by atoms with Crippen LogP contribution in [-0.4, -0.2) is 37.7 Å². The molecule has 3 heteroatoms. The number of unbranched alkanes of at least 4 members (excludes halogenated alkanes) is 2. The number of nitrogens with one attached hydrogen (secondary N) is 1. The minimum absolute atomic E-state index is 0.376.